The predicted molar refractivity (Wildman–Crippen MR) is 79.1 cm³/mol. The summed E-state index contributed by atoms with van der Waals surface area (Å²) in [6, 6.07) is 12.4. The van der Waals surface area contributed by atoms with Gasteiger partial charge >= 0.3 is 0 Å². The average Bonchev–Trinajstić information content (AvgIpc) is 2.88. The van der Waals surface area contributed by atoms with Crippen LogP contribution in [-0.4, -0.2) is 16.8 Å². The van der Waals surface area contributed by atoms with Gasteiger partial charge in [0.15, 0.2) is 0 Å². The number of thioether (sulfide) groups is 1. The molecule has 0 aliphatic carbocycles. The van der Waals surface area contributed by atoms with E-state index in [1.165, 1.54) is 10.5 Å². The van der Waals surface area contributed by atoms with E-state index >= 15 is 0 Å². The standard InChI is InChI=1S/C15H14ClNOS/c16-8-12-5-6-13(9-17-12)18-10-14-7-11-3-1-2-4-15(11)19-14/h1-6,9,14H,7-8,10H2. The molecule has 0 N–H and O–H groups in total. The number of benzene rings is 1. The molecule has 1 unspecified atom stereocenters. The molecule has 1 atom stereocenters. The second-order valence-corrected chi connectivity index (χ2v) is 6.09. The van der Waals surface area contributed by atoms with Gasteiger partial charge in [-0.05, 0) is 30.2 Å². The van der Waals surface area contributed by atoms with E-state index < -0.39 is 0 Å². The first kappa shape index (κ1) is 12.8. The molecule has 2 aromatic rings. The monoisotopic (exact) mass is 291 g/mol. The van der Waals surface area contributed by atoms with Crippen molar-refractivity contribution in [3.63, 3.8) is 0 Å². The number of rotatable bonds is 4. The van der Waals surface area contributed by atoms with Crippen molar-refractivity contribution in [2.24, 2.45) is 0 Å². The fourth-order valence-electron chi connectivity index (χ4n) is 2.11. The third kappa shape index (κ3) is 3.04. The number of aromatic nitrogens is 1. The number of halogens is 1. The lowest BCUT2D eigenvalue weighted by atomic mass is 10.1. The van der Waals surface area contributed by atoms with E-state index in [1.807, 2.05) is 23.9 Å². The quantitative estimate of drug-likeness (QED) is 0.797. The number of pyridine rings is 1. The molecule has 0 bridgehead atoms. The molecule has 4 heteroatoms. The maximum atomic E-state index is 5.79. The molecule has 0 radical (unpaired) electrons. The molecule has 0 amide bonds. The maximum absolute atomic E-state index is 5.79. The van der Waals surface area contributed by atoms with Crippen LogP contribution in [0.3, 0.4) is 0 Å². The molecule has 2 heterocycles. The molecule has 0 spiro atoms. The van der Waals surface area contributed by atoms with E-state index in [4.69, 9.17) is 16.3 Å². The molecular formula is C15H14ClNOS. The largest absolute Gasteiger partial charge is 0.491 e. The third-order valence-corrected chi connectivity index (χ3v) is 4.65. The fourth-order valence-corrected chi connectivity index (χ4v) is 3.49. The summed E-state index contributed by atoms with van der Waals surface area (Å²) in [5.41, 5.74) is 2.30. The summed E-state index contributed by atoms with van der Waals surface area (Å²) >= 11 is 7.60. The number of ether oxygens (including phenoxy) is 1. The minimum atomic E-state index is 0.439. The molecule has 3 rings (SSSR count). The first-order valence-electron chi connectivity index (χ1n) is 6.23. The summed E-state index contributed by atoms with van der Waals surface area (Å²) in [6.07, 6.45) is 2.82. The van der Waals surface area contributed by atoms with Gasteiger partial charge in [-0.15, -0.1) is 23.4 Å². The van der Waals surface area contributed by atoms with Gasteiger partial charge < -0.3 is 4.74 Å². The van der Waals surface area contributed by atoms with Crippen LogP contribution in [0.4, 0.5) is 0 Å². The Bertz CT molecular complexity index is 533. The van der Waals surface area contributed by atoms with Crippen LogP contribution in [0.15, 0.2) is 47.5 Å². The molecule has 1 aromatic heterocycles. The van der Waals surface area contributed by atoms with Crippen molar-refractivity contribution in [2.45, 2.75) is 22.4 Å². The van der Waals surface area contributed by atoms with Crippen LogP contribution in [0.2, 0.25) is 0 Å². The van der Waals surface area contributed by atoms with E-state index in [-0.39, 0.29) is 0 Å². The van der Waals surface area contributed by atoms with E-state index in [1.54, 1.807) is 6.20 Å². The highest BCUT2D eigenvalue weighted by atomic mass is 35.5. The van der Waals surface area contributed by atoms with Gasteiger partial charge in [0.1, 0.15) is 12.4 Å². The van der Waals surface area contributed by atoms with Crippen molar-refractivity contribution in [3.05, 3.63) is 53.9 Å². The van der Waals surface area contributed by atoms with Crippen LogP contribution < -0.4 is 4.74 Å². The Morgan fingerprint density at radius 2 is 2.16 bits per heavy atom. The van der Waals surface area contributed by atoms with E-state index in [0.717, 1.165) is 17.9 Å². The van der Waals surface area contributed by atoms with Crippen molar-refractivity contribution in [2.75, 3.05) is 6.61 Å². The normalized spacial score (nSPS) is 17.2. The lowest BCUT2D eigenvalue weighted by Crippen LogP contribution is -2.13. The Morgan fingerprint density at radius 3 is 2.89 bits per heavy atom. The molecular weight excluding hydrogens is 278 g/mol. The zero-order valence-corrected chi connectivity index (χ0v) is 12.0. The van der Waals surface area contributed by atoms with Crippen LogP contribution in [0.1, 0.15) is 11.3 Å². The summed E-state index contributed by atoms with van der Waals surface area (Å²) in [4.78, 5) is 5.60. The number of hydrogen-bond acceptors (Lipinski definition) is 3. The Labute approximate surface area is 122 Å². The van der Waals surface area contributed by atoms with Crippen molar-refractivity contribution >= 4 is 23.4 Å². The predicted octanol–water partition coefficient (Wildman–Crippen LogP) is 3.92. The lowest BCUT2D eigenvalue weighted by Gasteiger charge is -2.10. The topological polar surface area (TPSA) is 22.1 Å². The van der Waals surface area contributed by atoms with Crippen LogP contribution in [0.5, 0.6) is 5.75 Å². The summed E-state index contributed by atoms with van der Waals surface area (Å²) in [6.45, 7) is 0.710. The van der Waals surface area contributed by atoms with Gasteiger partial charge in [-0.3, -0.25) is 4.98 Å². The third-order valence-electron chi connectivity index (χ3n) is 3.08. The molecule has 1 aromatic carbocycles. The fraction of sp³-hybridized carbons (Fsp3) is 0.267. The van der Waals surface area contributed by atoms with Crippen LogP contribution >= 0.6 is 23.4 Å². The minimum absolute atomic E-state index is 0.439. The Kier molecular flexibility index (Phi) is 3.95. The van der Waals surface area contributed by atoms with Gasteiger partial charge in [-0.25, -0.2) is 0 Å². The number of alkyl halides is 1. The van der Waals surface area contributed by atoms with E-state index in [9.17, 15) is 0 Å². The molecule has 2 nitrogen and oxygen atoms in total. The van der Waals surface area contributed by atoms with Gasteiger partial charge in [0.05, 0.1) is 17.8 Å². The van der Waals surface area contributed by atoms with Crippen molar-refractivity contribution in [1.82, 2.24) is 4.98 Å². The highest BCUT2D eigenvalue weighted by Crippen LogP contribution is 2.36. The first-order valence-corrected chi connectivity index (χ1v) is 7.65. The van der Waals surface area contributed by atoms with Gasteiger partial charge in [-0.2, -0.15) is 0 Å². The molecule has 19 heavy (non-hydrogen) atoms. The van der Waals surface area contributed by atoms with E-state index in [2.05, 4.69) is 29.2 Å². The van der Waals surface area contributed by atoms with Crippen molar-refractivity contribution in [3.8, 4) is 5.75 Å². The molecule has 0 saturated carbocycles. The average molecular weight is 292 g/mol. The SMILES string of the molecule is ClCc1ccc(OCC2Cc3ccccc3S2)cn1. The Hall–Kier alpha value is -1.19. The molecule has 98 valence electrons. The van der Waals surface area contributed by atoms with Crippen LogP contribution in [0, 0.1) is 0 Å². The zero-order valence-electron chi connectivity index (χ0n) is 10.4. The second kappa shape index (κ2) is 5.85. The van der Waals surface area contributed by atoms with Gasteiger partial charge in [-0.1, -0.05) is 18.2 Å². The Morgan fingerprint density at radius 1 is 1.26 bits per heavy atom. The van der Waals surface area contributed by atoms with Gasteiger partial charge in [0.25, 0.3) is 0 Å². The van der Waals surface area contributed by atoms with Gasteiger partial charge in [0.2, 0.25) is 0 Å². The summed E-state index contributed by atoms with van der Waals surface area (Å²) in [5, 5.41) is 0.491. The number of fused-ring (bicyclic) bond motifs is 1. The maximum Gasteiger partial charge on any atom is 0.137 e. The van der Waals surface area contributed by atoms with Crippen molar-refractivity contribution < 1.29 is 4.74 Å². The lowest BCUT2D eigenvalue weighted by molar-refractivity contribution is 0.316. The van der Waals surface area contributed by atoms with E-state index in [0.29, 0.717) is 17.7 Å². The second-order valence-electron chi connectivity index (χ2n) is 4.48. The molecule has 0 fully saturated rings. The van der Waals surface area contributed by atoms with Crippen LogP contribution in [-0.2, 0) is 12.3 Å². The minimum Gasteiger partial charge on any atom is -0.491 e. The smallest absolute Gasteiger partial charge is 0.137 e. The Balaban J connectivity index is 1.56. The van der Waals surface area contributed by atoms with Gasteiger partial charge in [0, 0.05) is 10.1 Å². The van der Waals surface area contributed by atoms with Crippen molar-refractivity contribution in [1.29, 1.82) is 0 Å². The first-order chi connectivity index (χ1) is 9.35. The number of nitrogens with zero attached hydrogens (tertiary/aromatic N) is 1. The highest BCUT2D eigenvalue weighted by Gasteiger charge is 2.22. The number of hydrogen-bond donors (Lipinski definition) is 0. The highest BCUT2D eigenvalue weighted by molar-refractivity contribution is 8.00. The summed E-state index contributed by atoms with van der Waals surface area (Å²) in [5.74, 6) is 1.25. The van der Waals surface area contributed by atoms with Crippen LogP contribution in [0.25, 0.3) is 0 Å². The zero-order chi connectivity index (χ0) is 13.1. The molecule has 1 aliphatic heterocycles. The summed E-state index contributed by atoms with van der Waals surface area (Å²) in [7, 11) is 0. The summed E-state index contributed by atoms with van der Waals surface area (Å²) < 4.78 is 5.79. The molecule has 1 aliphatic rings. The molecule has 0 saturated heterocycles.